The fourth-order valence-corrected chi connectivity index (χ4v) is 18.2. The Bertz CT molecular complexity index is 2340. The monoisotopic (exact) mass is 1110 g/mol. The summed E-state index contributed by atoms with van der Waals surface area (Å²) < 4.78 is 104. The molecule has 15 unspecified atom stereocenters. The summed E-state index contributed by atoms with van der Waals surface area (Å²) in [6.45, 7) is 17.4. The van der Waals surface area contributed by atoms with Crippen LogP contribution in [0.5, 0.6) is 0 Å². The summed E-state index contributed by atoms with van der Waals surface area (Å²) in [5, 5.41) is 30.3. The maximum absolute atomic E-state index is 14.6. The number of rotatable bonds is 4. The zero-order valence-electron chi connectivity index (χ0n) is 46.5. The van der Waals surface area contributed by atoms with Crippen molar-refractivity contribution < 1.29 is 91.2 Å². The Morgan fingerprint density at radius 1 is 0.506 bits per heavy atom. The van der Waals surface area contributed by atoms with Crippen LogP contribution in [0.25, 0.3) is 0 Å². The van der Waals surface area contributed by atoms with Crippen LogP contribution >= 0.6 is 0 Å². The maximum atomic E-state index is 14.6. The van der Waals surface area contributed by atoms with Gasteiger partial charge in [-0.3, -0.25) is 4.79 Å². The lowest BCUT2D eigenvalue weighted by molar-refractivity contribution is -0.347. The molecule has 19 heteroatoms. The number of aliphatic hydroxyl groups excluding tert-OH is 3. The van der Waals surface area contributed by atoms with Crippen LogP contribution in [-0.2, 0) is 75.8 Å². The Morgan fingerprint density at radius 2 is 1.18 bits per heavy atom. The number of carbonyl (C=O) groups excluding carboxylic acids is 1. The lowest BCUT2D eigenvalue weighted by Gasteiger charge is -2.50. The molecule has 12 bridgehead atoms. The first-order valence-electron chi connectivity index (χ1n) is 30.8. The van der Waals surface area contributed by atoms with Crippen molar-refractivity contribution in [1.82, 2.24) is 0 Å². The highest BCUT2D eigenvalue weighted by Crippen LogP contribution is 2.58. The zero-order valence-corrected chi connectivity index (χ0v) is 46.5. The van der Waals surface area contributed by atoms with E-state index in [1.54, 1.807) is 0 Å². The van der Waals surface area contributed by atoms with Crippen molar-refractivity contribution in [2.45, 2.75) is 313 Å². The third-order valence-corrected chi connectivity index (χ3v) is 21.9. The predicted molar refractivity (Wildman–Crippen MR) is 274 cm³/mol. The third kappa shape index (κ3) is 9.43. The molecule has 0 saturated carbocycles. The molecule has 3 spiro atoms. The summed E-state index contributed by atoms with van der Waals surface area (Å²) in [6, 6.07) is 0. The van der Waals surface area contributed by atoms with Crippen molar-refractivity contribution in [3.05, 3.63) is 24.3 Å². The van der Waals surface area contributed by atoms with Gasteiger partial charge in [-0.15, -0.1) is 0 Å². The fraction of sp³-hybridized carbons (Fsp3) is 0.917. The van der Waals surface area contributed by atoms with E-state index in [2.05, 4.69) is 40.9 Å². The highest BCUT2D eigenvalue weighted by atomic mass is 16.8. The molecule has 19 nitrogen and oxygen atoms in total. The summed E-state index contributed by atoms with van der Waals surface area (Å²) >= 11 is 0. The summed E-state index contributed by atoms with van der Waals surface area (Å²) in [4.78, 5) is 14.6. The lowest BCUT2D eigenvalue weighted by atomic mass is 9.79. The maximum Gasteiger partial charge on any atom is 0.308 e. The van der Waals surface area contributed by atoms with Gasteiger partial charge in [-0.2, -0.15) is 0 Å². The second-order valence-electron chi connectivity index (χ2n) is 27.5. The van der Waals surface area contributed by atoms with Gasteiger partial charge >= 0.3 is 5.97 Å². The zero-order chi connectivity index (χ0) is 54.0. The van der Waals surface area contributed by atoms with Gasteiger partial charge in [0, 0.05) is 70.1 Å². The van der Waals surface area contributed by atoms with E-state index in [-0.39, 0.29) is 146 Å². The van der Waals surface area contributed by atoms with Crippen LogP contribution in [0.15, 0.2) is 24.3 Å². The molecule has 0 aromatic heterocycles. The minimum Gasteiger partial charge on any atom is -0.459 e. The van der Waals surface area contributed by atoms with Crippen LogP contribution in [0.1, 0.15) is 143 Å². The fourth-order valence-electron chi connectivity index (χ4n) is 18.2. The van der Waals surface area contributed by atoms with Crippen molar-refractivity contribution in [1.29, 1.82) is 0 Å². The highest BCUT2D eigenvalue weighted by Gasteiger charge is 2.70. The Morgan fingerprint density at radius 3 is 2.03 bits per heavy atom. The van der Waals surface area contributed by atoms with Gasteiger partial charge in [-0.25, -0.2) is 0 Å². The van der Waals surface area contributed by atoms with E-state index in [0.29, 0.717) is 64.2 Å². The normalized spacial score (nSPS) is 57.2. The van der Waals surface area contributed by atoms with E-state index in [4.69, 9.17) is 71.1 Å². The number of esters is 1. The predicted octanol–water partition coefficient (Wildman–Crippen LogP) is 4.93. The van der Waals surface area contributed by atoms with E-state index in [1.165, 1.54) is 0 Å². The van der Waals surface area contributed by atoms with Crippen LogP contribution in [0.2, 0.25) is 0 Å². The van der Waals surface area contributed by atoms with Gasteiger partial charge in [0.05, 0.1) is 129 Å². The first kappa shape index (κ1) is 54.0. The van der Waals surface area contributed by atoms with E-state index >= 15 is 0 Å². The molecule has 32 atom stereocenters. The first-order valence-corrected chi connectivity index (χ1v) is 30.8. The number of hydrogen-bond donors (Lipinski definition) is 3. The molecule has 16 heterocycles. The minimum atomic E-state index is -1.02. The lowest BCUT2D eigenvalue weighted by Crippen LogP contribution is -2.62. The quantitative estimate of drug-likeness (QED) is 0.251. The molecule has 16 saturated heterocycles. The second kappa shape index (κ2) is 20.2. The number of aliphatic hydroxyl groups is 3. The molecule has 440 valence electrons. The Balaban J connectivity index is 0.655. The van der Waals surface area contributed by atoms with Crippen molar-refractivity contribution in [2.24, 2.45) is 23.7 Å². The highest BCUT2D eigenvalue weighted by molar-refractivity contribution is 5.70. The topological polar surface area (TPSA) is 216 Å². The first-order chi connectivity index (χ1) is 38.0. The van der Waals surface area contributed by atoms with Gasteiger partial charge in [0.1, 0.15) is 36.6 Å². The van der Waals surface area contributed by atoms with E-state index in [0.717, 1.165) is 49.7 Å². The van der Waals surface area contributed by atoms with Crippen LogP contribution in [0, 0.1) is 23.7 Å². The largest absolute Gasteiger partial charge is 0.459 e. The summed E-state index contributed by atoms with van der Waals surface area (Å²) in [7, 11) is 0. The van der Waals surface area contributed by atoms with Gasteiger partial charge in [-0.1, -0.05) is 40.9 Å². The molecule has 16 fully saturated rings. The minimum absolute atomic E-state index is 0.0143. The standard InChI is InChI=1S/C60H86O19/c1-26-13-33-7-9-37-27(2)14-35(65-37)11-12-58-23-46-54(78-58)55-56(72-46)57(79-58)53-38(69-55)10-8-34(67-53)16-48(64)73-52-31(6)51-43(68-42(52)17-39(66-33)30(26)5)19-41-45(71-51)22-60(74-41)24-47-50(77-60)29(4)21-59(76-47)20-28(3)49-44(75-59)18-40(70-49)36(63)15-32(62)25-61/h26,28-29,31-47,49-57,61-63H,2,5,7-25H2,1,3-4,6H3/t26-,28?,29?,31?,32?,33?,34-,35?,36?,37+,38+,39-,40+,41?,42+,43?,44+,45?,46?,47+,49+,50+,51?,52?,53?,54+,55?,56-,57+,58+,59-,60+/m1/s1. The van der Waals surface area contributed by atoms with E-state index < -0.39 is 72.8 Å². The van der Waals surface area contributed by atoms with Gasteiger partial charge in [0.2, 0.25) is 0 Å². The Kier molecular flexibility index (Phi) is 13.8. The van der Waals surface area contributed by atoms with Gasteiger partial charge in [0.15, 0.2) is 17.4 Å². The van der Waals surface area contributed by atoms with Crippen LogP contribution in [0.4, 0.5) is 0 Å². The SMILES string of the molecule is C=C1CC2CC[C@@]34CC5O[C@@H]6C(O[C@H]7CC[C@H](CC(=O)OC8C(C)C9OC%10C[C@]%11(C[C@@H]%12O[C@]%13(CC(C)[C@@H]%14O[C@H](C(O)CC(O)CO)C[C@@H]%14O%13)CC(C)[C@@H]%12O%11)OC%10CC9O[C@H]8C[C@H]8OC(CC[C@@H]1O2)C[C@@H](C)C8=C)OC7[C@@H]6O3)[C@H]5O4. The molecule has 0 amide bonds. The van der Waals surface area contributed by atoms with Gasteiger partial charge < -0.3 is 86.4 Å². The number of hydrogen-bond acceptors (Lipinski definition) is 19. The average Bonchev–Trinajstić information content (AvgIpc) is 4.46. The van der Waals surface area contributed by atoms with Crippen molar-refractivity contribution in [2.75, 3.05) is 6.61 Å². The van der Waals surface area contributed by atoms with Crippen LogP contribution in [-0.4, -0.2) is 198 Å². The molecular formula is C60H86O19. The average molecular weight is 1110 g/mol. The van der Waals surface area contributed by atoms with Gasteiger partial charge in [0.25, 0.3) is 0 Å². The van der Waals surface area contributed by atoms with Crippen LogP contribution in [0.3, 0.4) is 0 Å². The molecular weight excluding hydrogens is 1020 g/mol. The molecule has 0 radical (unpaired) electrons. The molecule has 16 aliphatic rings. The summed E-state index contributed by atoms with van der Waals surface area (Å²) in [5.41, 5.74) is 2.15. The molecule has 0 aromatic carbocycles. The smallest absolute Gasteiger partial charge is 0.308 e. The van der Waals surface area contributed by atoms with Crippen molar-refractivity contribution in [3.8, 4) is 0 Å². The van der Waals surface area contributed by atoms with Crippen LogP contribution < -0.4 is 0 Å². The molecule has 16 aliphatic heterocycles. The van der Waals surface area contributed by atoms with E-state index in [1.807, 2.05) is 0 Å². The van der Waals surface area contributed by atoms with Crippen molar-refractivity contribution >= 4 is 5.97 Å². The number of ether oxygens (including phenoxy) is 15. The molecule has 0 aromatic rings. The molecule has 3 N–H and O–H groups in total. The summed E-state index contributed by atoms with van der Waals surface area (Å²) in [5.74, 6) is -2.77. The molecule has 16 rings (SSSR count). The second-order valence-corrected chi connectivity index (χ2v) is 27.5. The molecule has 79 heavy (non-hydrogen) atoms. The molecule has 0 aliphatic carbocycles. The van der Waals surface area contributed by atoms with E-state index in [9.17, 15) is 20.1 Å². The van der Waals surface area contributed by atoms with Gasteiger partial charge in [-0.05, 0) is 73.8 Å². The Hall–Kier alpha value is -1.73. The van der Waals surface area contributed by atoms with Crippen molar-refractivity contribution in [3.63, 3.8) is 0 Å². The number of carbonyl (C=O) groups is 1. The summed E-state index contributed by atoms with van der Waals surface area (Å²) in [6.07, 6.45) is 2.17. The number of fused-ring (bicyclic) bond motifs is 10. The Labute approximate surface area is 463 Å². The third-order valence-electron chi connectivity index (χ3n) is 21.9.